The van der Waals surface area contributed by atoms with Crippen LogP contribution in [-0.4, -0.2) is 23.4 Å². The van der Waals surface area contributed by atoms with Crippen molar-refractivity contribution < 1.29 is 14.3 Å². The molecule has 0 unspecified atom stereocenters. The van der Waals surface area contributed by atoms with Crippen LogP contribution in [0.15, 0.2) is 23.5 Å². The van der Waals surface area contributed by atoms with Crippen LogP contribution in [0, 0.1) is 0 Å². The maximum absolute atomic E-state index is 12.4. The molecule has 120 valence electrons. The summed E-state index contributed by atoms with van der Waals surface area (Å²) in [5.41, 5.74) is 3.88. The Balaban J connectivity index is 1.97. The maximum atomic E-state index is 12.4. The number of ether oxygens (including phenoxy) is 1. The SMILES string of the molecule is CCCC(=O)OC1=C(C)CCN(NCc2ccc(Cl)s2)C1=O. The third kappa shape index (κ3) is 4.32. The van der Waals surface area contributed by atoms with Gasteiger partial charge in [-0.2, -0.15) is 0 Å². The van der Waals surface area contributed by atoms with E-state index >= 15 is 0 Å². The van der Waals surface area contributed by atoms with Gasteiger partial charge < -0.3 is 4.74 Å². The highest BCUT2D eigenvalue weighted by Crippen LogP contribution is 2.23. The summed E-state index contributed by atoms with van der Waals surface area (Å²) in [6.07, 6.45) is 1.68. The van der Waals surface area contributed by atoms with Crippen molar-refractivity contribution in [2.75, 3.05) is 6.54 Å². The number of carbonyl (C=O) groups is 2. The first-order chi connectivity index (χ1) is 10.5. The Hall–Kier alpha value is -1.37. The molecule has 1 amide bonds. The number of nitrogens with zero attached hydrogens (tertiary/aromatic N) is 1. The molecule has 2 heterocycles. The van der Waals surface area contributed by atoms with Gasteiger partial charge in [0.15, 0.2) is 5.76 Å². The standard InChI is InChI=1S/C15H19ClN2O3S/c1-3-4-13(19)21-14-10(2)7-8-18(15(14)20)17-9-11-5-6-12(16)22-11/h5-6,17H,3-4,7-9H2,1-2H3. The topological polar surface area (TPSA) is 58.6 Å². The minimum atomic E-state index is -0.364. The van der Waals surface area contributed by atoms with Crippen molar-refractivity contribution in [3.8, 4) is 0 Å². The number of carbonyl (C=O) groups excluding carboxylic acids is 2. The first kappa shape index (κ1) is 17.0. The molecule has 0 saturated carbocycles. The fourth-order valence-electron chi connectivity index (χ4n) is 2.07. The molecule has 7 heteroatoms. The lowest BCUT2D eigenvalue weighted by Crippen LogP contribution is -2.46. The summed E-state index contributed by atoms with van der Waals surface area (Å²) in [7, 11) is 0. The molecule has 0 aliphatic carbocycles. The summed E-state index contributed by atoms with van der Waals surface area (Å²) in [6.45, 7) is 4.78. The van der Waals surface area contributed by atoms with Crippen LogP contribution in [0.4, 0.5) is 0 Å². The van der Waals surface area contributed by atoms with Gasteiger partial charge in [-0.15, -0.1) is 11.3 Å². The van der Waals surface area contributed by atoms with Gasteiger partial charge in [0.05, 0.1) is 4.34 Å². The van der Waals surface area contributed by atoms with Crippen LogP contribution in [-0.2, 0) is 20.9 Å². The molecule has 0 bridgehead atoms. The van der Waals surface area contributed by atoms with Crippen molar-refractivity contribution in [3.63, 3.8) is 0 Å². The number of rotatable bonds is 6. The molecule has 1 aliphatic rings. The third-order valence-electron chi connectivity index (χ3n) is 3.28. The van der Waals surface area contributed by atoms with E-state index < -0.39 is 0 Å². The summed E-state index contributed by atoms with van der Waals surface area (Å²) < 4.78 is 5.95. The quantitative estimate of drug-likeness (QED) is 0.806. The highest BCUT2D eigenvalue weighted by molar-refractivity contribution is 7.16. The van der Waals surface area contributed by atoms with Crippen molar-refractivity contribution in [2.45, 2.75) is 39.7 Å². The fourth-order valence-corrected chi connectivity index (χ4v) is 3.09. The van der Waals surface area contributed by atoms with Crippen LogP contribution in [0.25, 0.3) is 0 Å². The molecule has 5 nitrogen and oxygen atoms in total. The van der Waals surface area contributed by atoms with Crippen LogP contribution in [0.3, 0.4) is 0 Å². The molecular weight excluding hydrogens is 324 g/mol. The van der Waals surface area contributed by atoms with E-state index in [1.165, 1.54) is 16.3 Å². The minimum absolute atomic E-state index is 0.154. The van der Waals surface area contributed by atoms with E-state index in [1.807, 2.05) is 26.0 Å². The summed E-state index contributed by atoms with van der Waals surface area (Å²) in [5, 5.41) is 1.50. The Bertz CT molecular complexity index is 597. The number of halogens is 1. The van der Waals surface area contributed by atoms with Gasteiger partial charge in [0, 0.05) is 24.4 Å². The summed E-state index contributed by atoms with van der Waals surface area (Å²) in [5.74, 6) is -0.505. The Morgan fingerprint density at radius 1 is 1.50 bits per heavy atom. The first-order valence-electron chi connectivity index (χ1n) is 7.21. The van der Waals surface area contributed by atoms with E-state index in [0.717, 1.165) is 10.5 Å². The van der Waals surface area contributed by atoms with Gasteiger partial charge >= 0.3 is 11.9 Å². The molecule has 0 spiro atoms. The van der Waals surface area contributed by atoms with Crippen molar-refractivity contribution >= 4 is 34.8 Å². The van der Waals surface area contributed by atoms with E-state index in [2.05, 4.69) is 5.43 Å². The molecule has 0 saturated heterocycles. The summed E-state index contributed by atoms with van der Waals surface area (Å²) in [6, 6.07) is 3.74. The van der Waals surface area contributed by atoms with Crippen molar-refractivity contribution in [3.05, 3.63) is 32.7 Å². The molecule has 0 fully saturated rings. The highest BCUT2D eigenvalue weighted by Gasteiger charge is 2.28. The summed E-state index contributed by atoms with van der Waals surface area (Å²) in [4.78, 5) is 25.1. The number of esters is 1. The number of hydrogen-bond donors (Lipinski definition) is 1. The number of hydrogen-bond acceptors (Lipinski definition) is 5. The van der Waals surface area contributed by atoms with Crippen molar-refractivity contribution in [1.82, 2.24) is 10.4 Å². The van der Waals surface area contributed by atoms with Gasteiger partial charge in [-0.1, -0.05) is 18.5 Å². The average molecular weight is 343 g/mol. The Labute approximate surface area is 138 Å². The lowest BCUT2D eigenvalue weighted by molar-refractivity contribution is -0.147. The van der Waals surface area contributed by atoms with E-state index in [1.54, 1.807) is 0 Å². The van der Waals surface area contributed by atoms with Gasteiger partial charge in [0.2, 0.25) is 0 Å². The molecule has 1 aromatic rings. The molecule has 1 N–H and O–H groups in total. The molecule has 0 radical (unpaired) electrons. The first-order valence-corrected chi connectivity index (χ1v) is 8.40. The lowest BCUT2D eigenvalue weighted by Gasteiger charge is -2.29. The van der Waals surface area contributed by atoms with Crippen molar-refractivity contribution in [2.24, 2.45) is 0 Å². The van der Waals surface area contributed by atoms with Crippen LogP contribution in [0.5, 0.6) is 0 Å². The van der Waals surface area contributed by atoms with Gasteiger partial charge in [-0.05, 0) is 37.5 Å². The second-order valence-corrected chi connectivity index (χ2v) is 6.88. The largest absolute Gasteiger partial charge is 0.421 e. The van der Waals surface area contributed by atoms with E-state index in [4.69, 9.17) is 16.3 Å². The number of amides is 1. The molecule has 0 atom stereocenters. The zero-order valence-electron chi connectivity index (χ0n) is 12.6. The van der Waals surface area contributed by atoms with Crippen molar-refractivity contribution in [1.29, 1.82) is 0 Å². The zero-order valence-corrected chi connectivity index (χ0v) is 14.2. The van der Waals surface area contributed by atoms with Gasteiger partial charge in [-0.3, -0.25) is 14.6 Å². The lowest BCUT2D eigenvalue weighted by atomic mass is 10.1. The van der Waals surface area contributed by atoms with Crippen LogP contribution in [0.1, 0.15) is 38.0 Å². The van der Waals surface area contributed by atoms with E-state index in [9.17, 15) is 9.59 Å². The Morgan fingerprint density at radius 2 is 2.27 bits per heavy atom. The monoisotopic (exact) mass is 342 g/mol. The molecule has 22 heavy (non-hydrogen) atoms. The molecule has 1 aromatic heterocycles. The predicted molar refractivity (Wildman–Crippen MR) is 86.2 cm³/mol. The molecular formula is C15H19ClN2O3S. The van der Waals surface area contributed by atoms with E-state index in [0.29, 0.717) is 36.7 Å². The number of hydrazine groups is 1. The zero-order chi connectivity index (χ0) is 16.1. The van der Waals surface area contributed by atoms with Crippen LogP contribution < -0.4 is 5.43 Å². The van der Waals surface area contributed by atoms with Crippen LogP contribution >= 0.6 is 22.9 Å². The average Bonchev–Trinajstić information content (AvgIpc) is 2.88. The fraction of sp³-hybridized carbons (Fsp3) is 0.467. The Kier molecular flexibility index (Phi) is 5.99. The predicted octanol–water partition coefficient (Wildman–Crippen LogP) is 3.26. The third-order valence-corrected chi connectivity index (χ3v) is 4.51. The van der Waals surface area contributed by atoms with Gasteiger partial charge in [0.25, 0.3) is 0 Å². The summed E-state index contributed by atoms with van der Waals surface area (Å²) >= 11 is 7.35. The smallest absolute Gasteiger partial charge is 0.311 e. The molecule has 0 aromatic carbocycles. The second-order valence-electron chi connectivity index (χ2n) is 5.08. The second kappa shape index (κ2) is 7.76. The normalized spacial score (nSPS) is 15.4. The minimum Gasteiger partial charge on any atom is -0.421 e. The van der Waals surface area contributed by atoms with E-state index in [-0.39, 0.29) is 17.6 Å². The maximum Gasteiger partial charge on any atom is 0.311 e. The number of thiophene rings is 1. The van der Waals surface area contributed by atoms with Gasteiger partial charge in [0.1, 0.15) is 0 Å². The van der Waals surface area contributed by atoms with Crippen LogP contribution in [0.2, 0.25) is 4.34 Å². The highest BCUT2D eigenvalue weighted by atomic mass is 35.5. The Morgan fingerprint density at radius 3 is 2.91 bits per heavy atom. The van der Waals surface area contributed by atoms with Gasteiger partial charge in [-0.25, -0.2) is 5.43 Å². The molecule has 2 rings (SSSR count). The number of nitrogens with one attached hydrogen (secondary N) is 1. The molecule has 1 aliphatic heterocycles.